The second-order valence-corrected chi connectivity index (χ2v) is 5.88. The van der Waals surface area contributed by atoms with E-state index in [0.717, 1.165) is 52.2 Å². The van der Waals surface area contributed by atoms with Crippen molar-refractivity contribution in [3.05, 3.63) is 33.6 Å². The summed E-state index contributed by atoms with van der Waals surface area (Å²) in [6, 6.07) is 3.75. The number of halogens is 1. The van der Waals surface area contributed by atoms with Crippen LogP contribution in [0.25, 0.3) is 0 Å². The number of hydrogen-bond donors (Lipinski definition) is 0. The van der Waals surface area contributed by atoms with Crippen molar-refractivity contribution in [2.75, 3.05) is 6.79 Å². The second-order valence-electron chi connectivity index (χ2n) is 5.02. The van der Waals surface area contributed by atoms with Gasteiger partial charge in [0.15, 0.2) is 17.2 Å². The molecule has 1 aliphatic heterocycles. The van der Waals surface area contributed by atoms with E-state index in [1.54, 1.807) is 0 Å². The van der Waals surface area contributed by atoms with Crippen molar-refractivity contribution >= 4 is 21.6 Å². The lowest BCUT2D eigenvalue weighted by Crippen LogP contribution is -2.12. The molecule has 0 N–H and O–H groups in total. The highest BCUT2D eigenvalue weighted by Gasteiger charge is 2.22. The Kier molecular flexibility index (Phi) is 3.45. The number of aromatic nitrogens is 2. The van der Waals surface area contributed by atoms with Crippen molar-refractivity contribution in [1.82, 2.24) is 10.3 Å². The van der Waals surface area contributed by atoms with Gasteiger partial charge in [-0.1, -0.05) is 26.2 Å². The largest absolute Gasteiger partial charge is 0.454 e. The van der Waals surface area contributed by atoms with Crippen LogP contribution in [0.3, 0.4) is 0 Å². The maximum absolute atomic E-state index is 5.48. The van der Waals surface area contributed by atoms with Crippen LogP contribution in [0.2, 0.25) is 0 Å². The van der Waals surface area contributed by atoms with Crippen LogP contribution in [0.5, 0.6) is 11.5 Å². The summed E-state index contributed by atoms with van der Waals surface area (Å²) in [6.07, 6.45) is 2.65. The van der Waals surface area contributed by atoms with E-state index in [1.807, 2.05) is 12.1 Å². The average molecular weight is 366 g/mol. The fourth-order valence-corrected chi connectivity index (χ4v) is 2.91. The number of fused-ring (bicyclic) bond motifs is 2. The molecule has 0 fully saturated rings. The van der Waals surface area contributed by atoms with Crippen LogP contribution in [0.1, 0.15) is 29.8 Å². The number of benzene rings is 1. The summed E-state index contributed by atoms with van der Waals surface area (Å²) >= 11 is 3.49. The van der Waals surface area contributed by atoms with Gasteiger partial charge in [-0.15, -0.1) is 0 Å². The molecule has 0 radical (unpaired) electrons. The first-order valence-corrected chi connectivity index (χ1v) is 7.69. The van der Waals surface area contributed by atoms with Gasteiger partial charge in [0.2, 0.25) is 6.79 Å². The molecule has 22 heavy (non-hydrogen) atoms. The van der Waals surface area contributed by atoms with E-state index in [2.05, 4.69) is 31.4 Å². The molecule has 2 aromatic rings. The van der Waals surface area contributed by atoms with Crippen molar-refractivity contribution in [2.24, 2.45) is 5.16 Å². The monoisotopic (exact) mass is 365 g/mol. The van der Waals surface area contributed by atoms with E-state index in [4.69, 9.17) is 18.9 Å². The Hall–Kier alpha value is -2.09. The number of oxime groups is 1. The quantitative estimate of drug-likeness (QED) is 0.778. The van der Waals surface area contributed by atoms with E-state index in [1.165, 1.54) is 0 Å². The van der Waals surface area contributed by atoms with Crippen molar-refractivity contribution in [3.8, 4) is 11.5 Å². The Morgan fingerprint density at radius 3 is 2.95 bits per heavy atom. The topological polar surface area (TPSA) is 79.0 Å². The minimum Gasteiger partial charge on any atom is -0.454 e. The van der Waals surface area contributed by atoms with Crippen LogP contribution < -0.4 is 9.47 Å². The number of rotatable bonds is 3. The zero-order valence-corrected chi connectivity index (χ0v) is 13.1. The summed E-state index contributed by atoms with van der Waals surface area (Å²) in [5, 5.41) is 11.9. The summed E-state index contributed by atoms with van der Waals surface area (Å²) in [4.78, 5) is 5.48. The molecule has 2 aliphatic rings. The molecule has 1 aromatic heterocycles. The normalized spacial score (nSPS) is 17.6. The van der Waals surface area contributed by atoms with Gasteiger partial charge in [-0.3, -0.25) is 0 Å². The zero-order chi connectivity index (χ0) is 14.9. The minimum atomic E-state index is 0.246. The fourth-order valence-electron chi connectivity index (χ4n) is 2.47. The van der Waals surface area contributed by atoms with Gasteiger partial charge in [0.05, 0.1) is 0 Å². The van der Waals surface area contributed by atoms with Crippen molar-refractivity contribution in [3.63, 3.8) is 0 Å². The lowest BCUT2D eigenvalue weighted by atomic mass is 9.99. The fraction of sp³-hybridized carbons (Fsp3) is 0.357. The van der Waals surface area contributed by atoms with Crippen molar-refractivity contribution in [1.29, 1.82) is 0 Å². The van der Waals surface area contributed by atoms with Crippen LogP contribution in [-0.2, 0) is 17.9 Å². The average Bonchev–Trinajstić information content (AvgIpc) is 3.16. The Balaban J connectivity index is 1.49. The van der Waals surface area contributed by atoms with E-state index in [0.29, 0.717) is 12.3 Å². The predicted octanol–water partition coefficient (Wildman–Crippen LogP) is 2.82. The third-order valence-electron chi connectivity index (χ3n) is 3.59. The molecule has 0 saturated carbocycles. The summed E-state index contributed by atoms with van der Waals surface area (Å²) in [7, 11) is 0. The molecule has 0 bridgehead atoms. The summed E-state index contributed by atoms with van der Waals surface area (Å²) in [6.45, 7) is 0.567. The molecule has 0 amide bonds. The maximum Gasteiger partial charge on any atom is 0.231 e. The Morgan fingerprint density at radius 2 is 2.05 bits per heavy atom. The molecular weight excluding hydrogens is 354 g/mol. The number of ether oxygens (including phenoxy) is 2. The molecule has 0 unspecified atom stereocenters. The Bertz CT molecular complexity index is 744. The summed E-state index contributed by atoms with van der Waals surface area (Å²) in [5.74, 6) is 1.45. The molecule has 0 spiro atoms. The van der Waals surface area contributed by atoms with Crippen molar-refractivity contribution in [2.45, 2.75) is 25.9 Å². The molecular formula is C14H12BrN3O4. The Morgan fingerprint density at radius 1 is 1.18 bits per heavy atom. The lowest BCUT2D eigenvalue weighted by molar-refractivity contribution is 0.129. The van der Waals surface area contributed by atoms with E-state index in [9.17, 15) is 0 Å². The minimum absolute atomic E-state index is 0.246. The lowest BCUT2D eigenvalue weighted by Gasteiger charge is -2.10. The van der Waals surface area contributed by atoms with Gasteiger partial charge >= 0.3 is 0 Å². The van der Waals surface area contributed by atoms with Gasteiger partial charge in [-0.25, -0.2) is 4.63 Å². The van der Waals surface area contributed by atoms with Gasteiger partial charge in [0.1, 0.15) is 18.0 Å². The molecule has 8 heteroatoms. The van der Waals surface area contributed by atoms with Crippen molar-refractivity contribution < 1.29 is 18.9 Å². The van der Waals surface area contributed by atoms with Gasteiger partial charge < -0.3 is 14.3 Å². The predicted molar refractivity (Wildman–Crippen MR) is 78.8 cm³/mol. The molecule has 1 aliphatic carbocycles. The SMILES string of the molecule is Brc1cc2c(cc1CO/N=C1\CCCc3nonc31)OCO2. The summed E-state index contributed by atoms with van der Waals surface area (Å²) < 4.78 is 16.3. The third-order valence-corrected chi connectivity index (χ3v) is 4.33. The molecule has 0 atom stereocenters. The molecule has 7 nitrogen and oxygen atoms in total. The van der Waals surface area contributed by atoms with E-state index in [-0.39, 0.29) is 6.79 Å². The zero-order valence-electron chi connectivity index (χ0n) is 11.5. The Labute approximate surface area is 134 Å². The second kappa shape index (κ2) is 5.60. The smallest absolute Gasteiger partial charge is 0.231 e. The van der Waals surface area contributed by atoms with E-state index >= 15 is 0 Å². The van der Waals surface area contributed by atoms with Crippen LogP contribution >= 0.6 is 15.9 Å². The number of nitrogens with zero attached hydrogens (tertiary/aromatic N) is 3. The molecule has 1 aromatic carbocycles. The highest BCUT2D eigenvalue weighted by atomic mass is 79.9. The standard InChI is InChI=1S/C14H12BrN3O4/c15-9-5-13-12(19-7-20-13)4-8(9)6-21-16-10-2-1-3-11-14(10)18-22-17-11/h4-5H,1-3,6-7H2/b16-10+. The highest BCUT2D eigenvalue weighted by molar-refractivity contribution is 9.10. The first kappa shape index (κ1) is 13.6. The van der Waals surface area contributed by atoms with Gasteiger partial charge in [-0.05, 0) is 36.6 Å². The van der Waals surface area contributed by atoms with E-state index < -0.39 is 0 Å². The third kappa shape index (κ3) is 2.43. The molecule has 4 rings (SSSR count). The first-order valence-electron chi connectivity index (χ1n) is 6.90. The summed E-state index contributed by atoms with van der Waals surface area (Å²) in [5.41, 5.74) is 3.26. The van der Waals surface area contributed by atoms with Gasteiger partial charge in [-0.2, -0.15) is 0 Å². The first-order chi connectivity index (χ1) is 10.8. The number of aryl methyl sites for hydroxylation is 1. The van der Waals surface area contributed by atoms with Crippen LogP contribution in [0.4, 0.5) is 0 Å². The van der Waals surface area contributed by atoms with Gasteiger partial charge in [0.25, 0.3) is 0 Å². The number of hydrogen-bond acceptors (Lipinski definition) is 7. The van der Waals surface area contributed by atoms with Crippen LogP contribution in [0, 0.1) is 0 Å². The molecule has 114 valence electrons. The van der Waals surface area contributed by atoms with Gasteiger partial charge in [0, 0.05) is 10.0 Å². The van der Waals surface area contributed by atoms with Crippen LogP contribution in [0.15, 0.2) is 26.4 Å². The maximum atomic E-state index is 5.48. The van der Waals surface area contributed by atoms with Crippen LogP contribution in [-0.4, -0.2) is 22.8 Å². The molecule has 0 saturated heterocycles. The highest BCUT2D eigenvalue weighted by Crippen LogP contribution is 2.37. The molecule has 2 heterocycles.